The minimum absolute atomic E-state index is 0.102. The van der Waals surface area contributed by atoms with Crippen molar-refractivity contribution in [2.45, 2.75) is 26.3 Å². The number of amides is 1. The van der Waals surface area contributed by atoms with Gasteiger partial charge in [0.05, 0.1) is 20.8 Å². The largest absolute Gasteiger partial charge is 0.493 e. The Bertz CT molecular complexity index is 1030. The van der Waals surface area contributed by atoms with Crippen LogP contribution in [0.5, 0.6) is 11.5 Å². The number of hydrogen-bond donors (Lipinski definition) is 1. The van der Waals surface area contributed by atoms with Crippen LogP contribution in [-0.4, -0.2) is 54.4 Å². The summed E-state index contributed by atoms with van der Waals surface area (Å²) < 4.78 is 12.2. The van der Waals surface area contributed by atoms with Crippen LogP contribution in [-0.2, 0) is 13.0 Å². The number of aromatic nitrogens is 1. The first-order valence-electron chi connectivity index (χ1n) is 10.2. The van der Waals surface area contributed by atoms with Gasteiger partial charge in [-0.05, 0) is 55.0 Å². The topological polar surface area (TPSA) is 81.0 Å². The number of hydrogen-bond acceptors (Lipinski definition) is 5. The molecule has 7 heteroatoms. The van der Waals surface area contributed by atoms with Crippen LogP contribution in [0.2, 0.25) is 0 Å². The predicted molar refractivity (Wildman–Crippen MR) is 112 cm³/mol. The zero-order valence-electron chi connectivity index (χ0n) is 17.7. The molecule has 1 N–H and O–H groups in total. The zero-order valence-corrected chi connectivity index (χ0v) is 17.7. The second-order valence-corrected chi connectivity index (χ2v) is 8.42. The van der Waals surface area contributed by atoms with Crippen molar-refractivity contribution in [2.75, 3.05) is 33.9 Å². The average Bonchev–Trinajstić information content (AvgIpc) is 3.32. The highest BCUT2D eigenvalue weighted by Gasteiger charge is 2.60. The van der Waals surface area contributed by atoms with Crippen molar-refractivity contribution in [3.05, 3.63) is 57.5 Å². The van der Waals surface area contributed by atoms with Gasteiger partial charge in [-0.2, -0.15) is 0 Å². The SMILES string of the molecule is COc1ccc(CCn2ccc(C)c(C(=O)N3C[C@H]4C[C@@]4(CO)C3)c2=O)cc1OC. The van der Waals surface area contributed by atoms with Crippen LogP contribution in [0.4, 0.5) is 0 Å². The Morgan fingerprint density at radius 1 is 1.23 bits per heavy atom. The normalized spacial score (nSPS) is 22.0. The van der Waals surface area contributed by atoms with E-state index in [9.17, 15) is 14.7 Å². The van der Waals surface area contributed by atoms with E-state index in [4.69, 9.17) is 9.47 Å². The standard InChI is InChI=1S/C23H28N2O5/c1-15-6-8-24(9-7-16-4-5-18(29-2)19(10-16)30-3)21(27)20(15)22(28)25-12-17-11-23(17,13-25)14-26/h4-6,8,10,17,26H,7,9,11-14H2,1-3H3/t17-,23+/m1/s1. The average molecular weight is 412 g/mol. The fraction of sp³-hybridized carbons (Fsp3) is 0.478. The van der Waals surface area contributed by atoms with Crippen LogP contribution >= 0.6 is 0 Å². The van der Waals surface area contributed by atoms with Gasteiger partial charge in [-0.1, -0.05) is 6.07 Å². The zero-order chi connectivity index (χ0) is 21.5. The number of piperidine rings is 1. The van der Waals surface area contributed by atoms with Crippen molar-refractivity contribution in [2.24, 2.45) is 11.3 Å². The van der Waals surface area contributed by atoms with Crippen LogP contribution < -0.4 is 15.0 Å². The van der Waals surface area contributed by atoms with Crippen molar-refractivity contribution < 1.29 is 19.4 Å². The number of methoxy groups -OCH3 is 2. The molecule has 30 heavy (non-hydrogen) atoms. The number of pyridine rings is 1. The molecule has 1 aromatic heterocycles. The molecule has 2 fully saturated rings. The number of rotatable bonds is 7. The summed E-state index contributed by atoms with van der Waals surface area (Å²) in [5, 5.41) is 9.62. The lowest BCUT2D eigenvalue weighted by molar-refractivity contribution is 0.0748. The molecule has 0 bridgehead atoms. The maximum atomic E-state index is 13.1. The summed E-state index contributed by atoms with van der Waals surface area (Å²) in [5.74, 6) is 1.44. The second kappa shape index (κ2) is 7.80. The van der Waals surface area contributed by atoms with Gasteiger partial charge in [0.1, 0.15) is 5.56 Å². The maximum Gasteiger partial charge on any atom is 0.263 e. The van der Waals surface area contributed by atoms with E-state index in [0.717, 1.165) is 12.0 Å². The van der Waals surface area contributed by atoms with Gasteiger partial charge in [-0.25, -0.2) is 0 Å². The van der Waals surface area contributed by atoms with E-state index in [1.165, 1.54) is 0 Å². The lowest BCUT2D eigenvalue weighted by Gasteiger charge is -2.21. The summed E-state index contributed by atoms with van der Waals surface area (Å²) in [5.41, 5.74) is 1.53. The molecule has 2 aromatic rings. The Labute approximate surface area is 175 Å². The molecular formula is C23H28N2O5. The minimum atomic E-state index is -0.265. The summed E-state index contributed by atoms with van der Waals surface area (Å²) in [4.78, 5) is 27.9. The fourth-order valence-corrected chi connectivity index (χ4v) is 4.54. The van der Waals surface area contributed by atoms with Gasteiger partial charge in [0.25, 0.3) is 11.5 Å². The molecule has 1 amide bonds. The van der Waals surface area contributed by atoms with E-state index in [-0.39, 0.29) is 29.1 Å². The quantitative estimate of drug-likeness (QED) is 0.751. The number of ether oxygens (including phenoxy) is 2. The summed E-state index contributed by atoms with van der Waals surface area (Å²) in [7, 11) is 3.18. The van der Waals surface area contributed by atoms with E-state index in [2.05, 4.69) is 0 Å². The van der Waals surface area contributed by atoms with Crippen LogP contribution in [0, 0.1) is 18.3 Å². The molecule has 0 spiro atoms. The van der Waals surface area contributed by atoms with Crippen molar-refractivity contribution in [3.63, 3.8) is 0 Å². The Kier molecular flexibility index (Phi) is 5.32. The van der Waals surface area contributed by atoms with Crippen molar-refractivity contribution >= 4 is 5.91 Å². The van der Waals surface area contributed by atoms with Crippen LogP contribution in [0.1, 0.15) is 27.9 Å². The second-order valence-electron chi connectivity index (χ2n) is 8.42. The molecule has 1 aliphatic carbocycles. The number of fused-ring (bicyclic) bond motifs is 1. The predicted octanol–water partition coefficient (Wildman–Crippen LogP) is 1.87. The smallest absolute Gasteiger partial charge is 0.263 e. The highest BCUT2D eigenvalue weighted by atomic mass is 16.5. The molecule has 0 radical (unpaired) electrons. The third kappa shape index (κ3) is 3.47. The number of carbonyl (C=O) groups excluding carboxylic acids is 1. The number of likely N-dealkylation sites (tertiary alicyclic amines) is 1. The first-order valence-corrected chi connectivity index (χ1v) is 10.2. The van der Waals surface area contributed by atoms with Gasteiger partial charge in [0.15, 0.2) is 11.5 Å². The molecule has 1 aromatic carbocycles. The highest BCUT2D eigenvalue weighted by Crippen LogP contribution is 2.57. The van der Waals surface area contributed by atoms with E-state index in [1.54, 1.807) is 36.8 Å². The molecule has 1 aliphatic heterocycles. The Morgan fingerprint density at radius 3 is 2.67 bits per heavy atom. The van der Waals surface area contributed by atoms with Crippen molar-refractivity contribution in [1.82, 2.24) is 9.47 Å². The molecule has 1 saturated heterocycles. The summed E-state index contributed by atoms with van der Waals surface area (Å²) in [6.07, 6.45) is 3.33. The molecule has 0 unspecified atom stereocenters. The van der Waals surface area contributed by atoms with Crippen LogP contribution in [0.15, 0.2) is 35.3 Å². The fourth-order valence-electron chi connectivity index (χ4n) is 4.54. The maximum absolute atomic E-state index is 13.1. The Hall–Kier alpha value is -2.80. The van der Waals surface area contributed by atoms with E-state index >= 15 is 0 Å². The number of benzene rings is 1. The lowest BCUT2D eigenvalue weighted by Crippen LogP contribution is -2.38. The molecule has 4 rings (SSSR count). The van der Waals surface area contributed by atoms with Crippen LogP contribution in [0.25, 0.3) is 0 Å². The number of aryl methyl sites for hydroxylation is 3. The van der Waals surface area contributed by atoms with Crippen molar-refractivity contribution in [3.8, 4) is 11.5 Å². The minimum Gasteiger partial charge on any atom is -0.493 e. The lowest BCUT2D eigenvalue weighted by atomic mass is 10.1. The van der Waals surface area contributed by atoms with Crippen molar-refractivity contribution in [1.29, 1.82) is 0 Å². The Morgan fingerprint density at radius 2 is 2.00 bits per heavy atom. The van der Waals surface area contributed by atoms with Crippen LogP contribution in [0.3, 0.4) is 0 Å². The van der Waals surface area contributed by atoms with E-state index in [0.29, 0.717) is 49.0 Å². The first-order chi connectivity index (χ1) is 14.4. The molecule has 2 atom stereocenters. The molecule has 7 nitrogen and oxygen atoms in total. The van der Waals surface area contributed by atoms with Gasteiger partial charge in [-0.3, -0.25) is 9.59 Å². The monoisotopic (exact) mass is 412 g/mol. The third-order valence-corrected chi connectivity index (χ3v) is 6.58. The Balaban J connectivity index is 1.52. The summed E-state index contributed by atoms with van der Waals surface area (Å²) >= 11 is 0. The number of aliphatic hydroxyl groups excluding tert-OH is 1. The van der Waals surface area contributed by atoms with Gasteiger partial charge in [0.2, 0.25) is 0 Å². The van der Waals surface area contributed by atoms with Gasteiger partial charge in [-0.15, -0.1) is 0 Å². The van der Waals surface area contributed by atoms with Gasteiger partial charge < -0.3 is 24.0 Å². The summed E-state index contributed by atoms with van der Waals surface area (Å²) in [6.45, 7) is 3.51. The number of carbonyl (C=O) groups is 1. The third-order valence-electron chi connectivity index (χ3n) is 6.58. The van der Waals surface area contributed by atoms with Gasteiger partial charge in [0, 0.05) is 31.2 Å². The first kappa shape index (κ1) is 20.5. The molecule has 2 heterocycles. The van der Waals surface area contributed by atoms with Gasteiger partial charge >= 0.3 is 0 Å². The highest BCUT2D eigenvalue weighted by molar-refractivity contribution is 5.95. The molecular weight excluding hydrogens is 384 g/mol. The molecule has 2 aliphatic rings. The molecule has 160 valence electrons. The number of nitrogens with zero attached hydrogens (tertiary/aromatic N) is 2. The van der Waals surface area contributed by atoms with E-state index in [1.807, 2.05) is 24.3 Å². The van der Waals surface area contributed by atoms with E-state index < -0.39 is 0 Å². The molecule has 1 saturated carbocycles. The summed E-state index contributed by atoms with van der Waals surface area (Å²) in [6, 6.07) is 7.50. The number of aliphatic hydroxyl groups is 1.